The summed E-state index contributed by atoms with van der Waals surface area (Å²) in [5, 5.41) is 4.72. The van der Waals surface area contributed by atoms with Gasteiger partial charge in [0.2, 0.25) is 0 Å². The lowest BCUT2D eigenvalue weighted by Gasteiger charge is -2.19. The molecule has 0 aromatic carbocycles. The third-order valence-corrected chi connectivity index (χ3v) is 4.50. The minimum Gasteiger partial charge on any atom is -0.348 e. The Labute approximate surface area is 128 Å². The van der Waals surface area contributed by atoms with Crippen LogP contribution >= 0.6 is 11.3 Å². The third-order valence-electron chi connectivity index (χ3n) is 3.37. The lowest BCUT2D eigenvalue weighted by molar-refractivity contribution is 0.588. The van der Waals surface area contributed by atoms with Gasteiger partial charge in [0.1, 0.15) is 0 Å². The molecule has 3 nitrogen and oxygen atoms in total. The second-order valence-corrected chi connectivity index (χ2v) is 6.99. The number of nitrogens with one attached hydrogen (secondary N) is 1. The van der Waals surface area contributed by atoms with Crippen LogP contribution in [0.15, 0.2) is 0 Å². The molecule has 1 aromatic rings. The van der Waals surface area contributed by atoms with E-state index in [9.17, 15) is 0 Å². The maximum atomic E-state index is 4.92. The van der Waals surface area contributed by atoms with E-state index in [4.69, 9.17) is 4.98 Å². The Morgan fingerprint density at radius 2 is 1.90 bits per heavy atom. The minimum absolute atomic E-state index is 0.494. The van der Waals surface area contributed by atoms with Crippen LogP contribution < -0.4 is 10.2 Å². The maximum absolute atomic E-state index is 4.92. The van der Waals surface area contributed by atoms with Crippen LogP contribution in [0.4, 0.5) is 5.13 Å². The van der Waals surface area contributed by atoms with E-state index in [1.165, 1.54) is 28.5 Å². The van der Waals surface area contributed by atoms with E-state index in [0.717, 1.165) is 19.6 Å². The van der Waals surface area contributed by atoms with Crippen molar-refractivity contribution in [1.29, 1.82) is 0 Å². The molecule has 0 bridgehead atoms. The number of rotatable bonds is 9. The molecule has 1 aromatic heterocycles. The number of thiazole rings is 1. The molecule has 1 N–H and O–H groups in total. The van der Waals surface area contributed by atoms with E-state index in [0.29, 0.717) is 12.0 Å². The summed E-state index contributed by atoms with van der Waals surface area (Å²) in [5.41, 5.74) is 1.27. The molecular formula is C16H31N3S. The van der Waals surface area contributed by atoms with Gasteiger partial charge in [0.25, 0.3) is 0 Å². The average Bonchev–Trinajstić information content (AvgIpc) is 2.81. The van der Waals surface area contributed by atoms with Gasteiger partial charge in [-0.25, -0.2) is 4.98 Å². The first-order valence-corrected chi connectivity index (χ1v) is 8.79. The lowest BCUT2D eigenvalue weighted by Crippen LogP contribution is -2.23. The van der Waals surface area contributed by atoms with Crippen molar-refractivity contribution in [2.45, 2.75) is 72.9 Å². The smallest absolute Gasteiger partial charge is 0.185 e. The largest absolute Gasteiger partial charge is 0.348 e. The zero-order valence-electron chi connectivity index (χ0n) is 14.0. The van der Waals surface area contributed by atoms with Crippen LogP contribution in [0.3, 0.4) is 0 Å². The maximum Gasteiger partial charge on any atom is 0.185 e. The highest BCUT2D eigenvalue weighted by Crippen LogP contribution is 2.31. The normalized spacial score (nSPS) is 11.6. The van der Waals surface area contributed by atoms with Gasteiger partial charge in [-0.2, -0.15) is 0 Å². The van der Waals surface area contributed by atoms with Crippen LogP contribution in [0.25, 0.3) is 0 Å². The first-order chi connectivity index (χ1) is 9.49. The first-order valence-electron chi connectivity index (χ1n) is 7.97. The molecule has 0 saturated carbocycles. The van der Waals surface area contributed by atoms with Crippen LogP contribution in [-0.4, -0.2) is 24.1 Å². The number of anilines is 1. The number of nitrogens with zero attached hydrogens (tertiary/aromatic N) is 2. The second-order valence-electron chi connectivity index (χ2n) is 5.93. The Hall–Kier alpha value is -0.610. The van der Waals surface area contributed by atoms with E-state index < -0.39 is 0 Å². The second kappa shape index (κ2) is 8.63. The predicted molar refractivity (Wildman–Crippen MR) is 91.0 cm³/mol. The fourth-order valence-electron chi connectivity index (χ4n) is 2.10. The van der Waals surface area contributed by atoms with E-state index in [1.54, 1.807) is 0 Å². The SMILES string of the molecule is CCCCN(CC)c1nc(C(C)C)c(CNC(C)C)s1. The monoisotopic (exact) mass is 297 g/mol. The van der Waals surface area contributed by atoms with Gasteiger partial charge in [-0.1, -0.05) is 41.0 Å². The molecule has 0 fully saturated rings. The quantitative estimate of drug-likeness (QED) is 0.732. The van der Waals surface area contributed by atoms with Crippen molar-refractivity contribution in [1.82, 2.24) is 10.3 Å². The van der Waals surface area contributed by atoms with Gasteiger partial charge >= 0.3 is 0 Å². The summed E-state index contributed by atoms with van der Waals surface area (Å²) >= 11 is 1.87. The molecule has 1 rings (SSSR count). The Bertz CT molecular complexity index is 385. The van der Waals surface area contributed by atoms with Crippen molar-refractivity contribution in [2.75, 3.05) is 18.0 Å². The fraction of sp³-hybridized carbons (Fsp3) is 0.812. The molecule has 116 valence electrons. The molecule has 0 amide bonds. The molecule has 0 radical (unpaired) electrons. The standard InChI is InChI=1S/C16H31N3S/c1-7-9-10-19(8-2)16-18-15(12(3)4)14(20-16)11-17-13(5)6/h12-13,17H,7-11H2,1-6H3. The highest BCUT2D eigenvalue weighted by Gasteiger charge is 2.17. The highest BCUT2D eigenvalue weighted by molar-refractivity contribution is 7.15. The number of unbranched alkanes of at least 4 members (excludes halogenated alkanes) is 1. The molecule has 1 heterocycles. The van der Waals surface area contributed by atoms with Crippen molar-refractivity contribution in [3.8, 4) is 0 Å². The summed E-state index contributed by atoms with van der Waals surface area (Å²) < 4.78 is 0. The van der Waals surface area contributed by atoms with Crippen molar-refractivity contribution < 1.29 is 0 Å². The summed E-state index contributed by atoms with van der Waals surface area (Å²) in [4.78, 5) is 8.73. The molecule has 0 aliphatic carbocycles. The summed E-state index contributed by atoms with van der Waals surface area (Å²) in [6, 6.07) is 0.517. The molecule has 0 aliphatic heterocycles. The Kier molecular flexibility index (Phi) is 7.52. The molecule has 4 heteroatoms. The van der Waals surface area contributed by atoms with Crippen molar-refractivity contribution in [3.05, 3.63) is 10.6 Å². The average molecular weight is 298 g/mol. The van der Waals surface area contributed by atoms with E-state index in [-0.39, 0.29) is 0 Å². The van der Waals surface area contributed by atoms with Crippen LogP contribution in [0.1, 0.15) is 70.9 Å². The number of hydrogen-bond acceptors (Lipinski definition) is 4. The van der Waals surface area contributed by atoms with Crippen LogP contribution in [0.2, 0.25) is 0 Å². The van der Waals surface area contributed by atoms with Gasteiger partial charge in [-0.05, 0) is 19.3 Å². The fourth-order valence-corrected chi connectivity index (χ4v) is 3.35. The van der Waals surface area contributed by atoms with Gasteiger partial charge in [0, 0.05) is 30.6 Å². The first kappa shape index (κ1) is 17.4. The minimum atomic E-state index is 0.494. The zero-order chi connectivity index (χ0) is 15.1. The third kappa shape index (κ3) is 5.06. The van der Waals surface area contributed by atoms with Crippen LogP contribution in [0.5, 0.6) is 0 Å². The van der Waals surface area contributed by atoms with E-state index in [1.807, 2.05) is 11.3 Å². The molecule has 20 heavy (non-hydrogen) atoms. The topological polar surface area (TPSA) is 28.2 Å². The van der Waals surface area contributed by atoms with Gasteiger partial charge < -0.3 is 10.2 Å². The molecule has 0 aliphatic rings. The zero-order valence-corrected chi connectivity index (χ0v) is 14.8. The highest BCUT2D eigenvalue weighted by atomic mass is 32.1. The molecule has 0 spiro atoms. The summed E-state index contributed by atoms with van der Waals surface area (Å²) in [5.74, 6) is 0.494. The Balaban J connectivity index is 2.88. The van der Waals surface area contributed by atoms with Crippen molar-refractivity contribution >= 4 is 16.5 Å². The van der Waals surface area contributed by atoms with Crippen molar-refractivity contribution in [2.24, 2.45) is 0 Å². The summed E-state index contributed by atoms with van der Waals surface area (Å²) in [7, 11) is 0. The van der Waals surface area contributed by atoms with Gasteiger partial charge in [0.05, 0.1) is 5.69 Å². The molecular weight excluding hydrogens is 266 g/mol. The predicted octanol–water partition coefficient (Wildman–Crippen LogP) is 4.39. The van der Waals surface area contributed by atoms with E-state index >= 15 is 0 Å². The molecule has 0 saturated heterocycles. The number of hydrogen-bond donors (Lipinski definition) is 1. The van der Waals surface area contributed by atoms with Gasteiger partial charge in [0.15, 0.2) is 5.13 Å². The van der Waals surface area contributed by atoms with Crippen LogP contribution in [0, 0.1) is 0 Å². The van der Waals surface area contributed by atoms with E-state index in [2.05, 4.69) is 51.8 Å². The van der Waals surface area contributed by atoms with Crippen molar-refractivity contribution in [3.63, 3.8) is 0 Å². The van der Waals surface area contributed by atoms with Gasteiger partial charge in [-0.15, -0.1) is 11.3 Å². The summed E-state index contributed by atoms with van der Waals surface area (Å²) in [6.45, 7) is 16.4. The molecule has 0 atom stereocenters. The summed E-state index contributed by atoms with van der Waals surface area (Å²) in [6.07, 6.45) is 2.48. The number of aromatic nitrogens is 1. The van der Waals surface area contributed by atoms with Gasteiger partial charge in [-0.3, -0.25) is 0 Å². The Morgan fingerprint density at radius 1 is 1.20 bits per heavy atom. The Morgan fingerprint density at radius 3 is 2.40 bits per heavy atom. The van der Waals surface area contributed by atoms with Crippen LogP contribution in [-0.2, 0) is 6.54 Å². The molecule has 0 unspecified atom stereocenters. The lowest BCUT2D eigenvalue weighted by atomic mass is 10.1.